The van der Waals surface area contributed by atoms with Crippen LogP contribution in [0.5, 0.6) is 0 Å². The van der Waals surface area contributed by atoms with Crippen LogP contribution in [0.3, 0.4) is 0 Å². The average molecular weight is 1040 g/mol. The predicted molar refractivity (Wildman–Crippen MR) is 269 cm³/mol. The van der Waals surface area contributed by atoms with Crippen molar-refractivity contribution in [1.29, 1.82) is 0 Å². The van der Waals surface area contributed by atoms with Crippen molar-refractivity contribution >= 4 is 47.1 Å². The molecule has 1 aromatic rings. The number of amides is 6. The van der Waals surface area contributed by atoms with Crippen LogP contribution in [0.4, 0.5) is 5.69 Å². The Morgan fingerprint density at radius 3 is 1.48 bits per heavy atom. The van der Waals surface area contributed by atoms with Crippen molar-refractivity contribution in [2.45, 2.75) is 110 Å². The maximum absolute atomic E-state index is 13.8. The Balaban J connectivity index is 2.44. The molecule has 0 saturated heterocycles. The summed E-state index contributed by atoms with van der Waals surface area (Å²) in [6.45, 7) is 12.1. The highest BCUT2D eigenvalue weighted by Crippen LogP contribution is 2.11. The zero-order valence-corrected chi connectivity index (χ0v) is 43.9. The number of rotatable bonds is 47. The molecule has 1 rings (SSSR count). The normalized spacial score (nSPS) is 12.4. The molecular weight excluding hydrogens is 957 g/mol. The fraction of sp³-hybridized carbons (Fsp3) is 0.740. The first-order chi connectivity index (χ1) is 35.3. The van der Waals surface area contributed by atoms with Gasteiger partial charge in [0.1, 0.15) is 18.1 Å². The standard InChI is InChI=1S/C50H86N6O17/c1-38(2)47(50(64)53-39(3)48(62)54-41-15-13-40(37-57)14-16-41)56-49(63)42(55-45(60)12-7-6-9-20-51-43(58)17-18-46(61)66-5)11-8-10-21-52-44(59)19-22-67-25-26-69-29-30-71-33-34-73-36-35-72-32-31-70-28-27-68-24-23-65-4/h13-16,38-39,42,47,57H,6-12,17-37H2,1-5H3,(H,51,58)(H,52,59)(H,53,64)(H,54,62)(H,55,60)(H,56,63)/t39-,42-,47?/m0/s1. The molecule has 23 nitrogen and oxygen atoms in total. The summed E-state index contributed by atoms with van der Waals surface area (Å²) in [5.41, 5.74) is 1.15. The molecule has 3 atom stereocenters. The molecule has 0 aliphatic carbocycles. The van der Waals surface area contributed by atoms with E-state index in [1.54, 1.807) is 45.2 Å². The number of aliphatic hydroxyl groups is 1. The van der Waals surface area contributed by atoms with Gasteiger partial charge in [-0.2, -0.15) is 0 Å². The highest BCUT2D eigenvalue weighted by Gasteiger charge is 2.30. The summed E-state index contributed by atoms with van der Waals surface area (Å²) < 4.78 is 47.6. The van der Waals surface area contributed by atoms with Crippen LogP contribution in [0.25, 0.3) is 0 Å². The van der Waals surface area contributed by atoms with E-state index in [9.17, 15) is 38.7 Å². The molecule has 0 aromatic heterocycles. The Kier molecular flexibility index (Phi) is 40.4. The molecule has 0 spiro atoms. The van der Waals surface area contributed by atoms with Crippen LogP contribution < -0.4 is 31.9 Å². The summed E-state index contributed by atoms with van der Waals surface area (Å²) in [5, 5.41) is 25.8. The largest absolute Gasteiger partial charge is 0.469 e. The van der Waals surface area contributed by atoms with Crippen molar-refractivity contribution in [3.05, 3.63) is 29.8 Å². The molecule has 0 aliphatic heterocycles. The fourth-order valence-electron chi connectivity index (χ4n) is 6.38. The maximum Gasteiger partial charge on any atom is 0.306 e. The number of hydrogen-bond donors (Lipinski definition) is 7. The van der Waals surface area contributed by atoms with Crippen LogP contribution in [0.15, 0.2) is 24.3 Å². The Labute approximate surface area is 431 Å². The minimum Gasteiger partial charge on any atom is -0.469 e. The molecule has 0 fully saturated rings. The number of nitrogens with one attached hydrogen (secondary N) is 6. The number of unbranched alkanes of at least 4 members (excludes halogenated alkanes) is 3. The van der Waals surface area contributed by atoms with E-state index in [1.165, 1.54) is 14.0 Å². The van der Waals surface area contributed by atoms with Crippen LogP contribution in [-0.2, 0) is 82.8 Å². The van der Waals surface area contributed by atoms with Gasteiger partial charge in [-0.15, -0.1) is 0 Å². The molecule has 7 N–H and O–H groups in total. The summed E-state index contributed by atoms with van der Waals surface area (Å²) in [6, 6.07) is 3.59. The first-order valence-electron chi connectivity index (χ1n) is 25.3. The first-order valence-corrected chi connectivity index (χ1v) is 25.3. The number of carbonyl (C=O) groups is 7. The molecule has 1 unspecified atom stereocenters. The summed E-state index contributed by atoms with van der Waals surface area (Å²) in [7, 11) is 2.88. The van der Waals surface area contributed by atoms with Gasteiger partial charge in [0, 0.05) is 45.1 Å². The first kappa shape index (κ1) is 66.2. The van der Waals surface area contributed by atoms with Crippen molar-refractivity contribution in [2.24, 2.45) is 5.92 Å². The van der Waals surface area contributed by atoms with Crippen molar-refractivity contribution in [2.75, 3.05) is 132 Å². The lowest BCUT2D eigenvalue weighted by molar-refractivity contribution is -0.142. The minimum atomic E-state index is -1.04. The zero-order valence-electron chi connectivity index (χ0n) is 43.9. The molecule has 23 heteroatoms. The van der Waals surface area contributed by atoms with E-state index in [0.29, 0.717) is 149 Å². The van der Waals surface area contributed by atoms with E-state index in [1.807, 2.05) is 0 Å². The van der Waals surface area contributed by atoms with E-state index in [-0.39, 0.29) is 69.0 Å². The Hall–Kier alpha value is -4.85. The third-order valence-electron chi connectivity index (χ3n) is 10.6. The van der Waals surface area contributed by atoms with Crippen LogP contribution in [0, 0.1) is 5.92 Å². The van der Waals surface area contributed by atoms with Gasteiger partial charge in [-0.05, 0) is 62.6 Å². The predicted octanol–water partition coefficient (Wildman–Crippen LogP) is 1.32. The molecule has 6 amide bonds. The average Bonchev–Trinajstić information content (AvgIpc) is 3.37. The lowest BCUT2D eigenvalue weighted by atomic mass is 10.0. The zero-order chi connectivity index (χ0) is 53.7. The SMILES string of the molecule is COCCOCCOCCOCCOCCOCCOCCOCCC(=O)NCCCC[C@H](NC(=O)CCCCCNC(=O)CCC(=O)OC)C(=O)NC(C(=O)N[C@@H](C)C(=O)Nc1ccc(CO)cc1)C(C)C. The van der Waals surface area contributed by atoms with Gasteiger partial charge in [0.2, 0.25) is 35.4 Å². The lowest BCUT2D eigenvalue weighted by Gasteiger charge is -2.26. The number of anilines is 1. The van der Waals surface area contributed by atoms with Crippen molar-refractivity contribution < 1.29 is 81.3 Å². The van der Waals surface area contributed by atoms with Crippen molar-refractivity contribution in [3.8, 4) is 0 Å². The molecule has 1 aromatic carbocycles. The molecular formula is C50H86N6O17. The fourth-order valence-corrected chi connectivity index (χ4v) is 6.38. The summed E-state index contributed by atoms with van der Waals surface area (Å²) in [4.78, 5) is 88.9. The monoisotopic (exact) mass is 1040 g/mol. The van der Waals surface area contributed by atoms with Crippen LogP contribution in [-0.4, -0.2) is 191 Å². The Bertz CT molecular complexity index is 1660. The second-order valence-electron chi connectivity index (χ2n) is 17.0. The second-order valence-corrected chi connectivity index (χ2v) is 17.0. The number of esters is 1. The van der Waals surface area contributed by atoms with E-state index < -0.39 is 41.8 Å². The lowest BCUT2D eigenvalue weighted by Crippen LogP contribution is -2.57. The van der Waals surface area contributed by atoms with E-state index >= 15 is 0 Å². The van der Waals surface area contributed by atoms with Gasteiger partial charge in [0.15, 0.2) is 0 Å². The molecule has 73 heavy (non-hydrogen) atoms. The number of ether oxygens (including phenoxy) is 9. The third-order valence-corrected chi connectivity index (χ3v) is 10.6. The summed E-state index contributed by atoms with van der Waals surface area (Å²) in [5.74, 6) is -3.35. The van der Waals surface area contributed by atoms with E-state index in [0.717, 1.165) is 0 Å². The summed E-state index contributed by atoms with van der Waals surface area (Å²) >= 11 is 0. The highest BCUT2D eigenvalue weighted by atomic mass is 16.6. The molecule has 0 heterocycles. The van der Waals surface area contributed by atoms with Crippen LogP contribution >= 0.6 is 0 Å². The number of benzene rings is 1. The Morgan fingerprint density at radius 1 is 0.493 bits per heavy atom. The van der Waals surface area contributed by atoms with E-state index in [2.05, 4.69) is 36.6 Å². The molecule has 0 bridgehead atoms. The van der Waals surface area contributed by atoms with Gasteiger partial charge in [-0.1, -0.05) is 32.4 Å². The van der Waals surface area contributed by atoms with Gasteiger partial charge < -0.3 is 79.6 Å². The van der Waals surface area contributed by atoms with Crippen LogP contribution in [0.1, 0.15) is 90.5 Å². The molecule has 418 valence electrons. The molecule has 0 saturated carbocycles. The van der Waals surface area contributed by atoms with Gasteiger partial charge >= 0.3 is 5.97 Å². The number of carbonyl (C=O) groups excluding carboxylic acids is 7. The van der Waals surface area contributed by atoms with E-state index in [4.69, 9.17) is 37.9 Å². The minimum absolute atomic E-state index is 0.0118. The third kappa shape index (κ3) is 36.7. The van der Waals surface area contributed by atoms with Crippen molar-refractivity contribution in [1.82, 2.24) is 26.6 Å². The topological polar surface area (TPSA) is 295 Å². The quantitative estimate of drug-likeness (QED) is 0.0358. The molecule has 0 radical (unpaired) electrons. The van der Waals surface area contributed by atoms with Gasteiger partial charge in [-0.3, -0.25) is 33.6 Å². The number of methoxy groups -OCH3 is 2. The molecule has 0 aliphatic rings. The number of hydrogen-bond acceptors (Lipinski definition) is 17. The van der Waals surface area contributed by atoms with Crippen molar-refractivity contribution in [3.63, 3.8) is 0 Å². The Morgan fingerprint density at radius 2 is 0.986 bits per heavy atom. The van der Waals surface area contributed by atoms with Gasteiger partial charge in [0.25, 0.3) is 0 Å². The van der Waals surface area contributed by atoms with Gasteiger partial charge in [-0.25, -0.2) is 0 Å². The highest BCUT2D eigenvalue weighted by molar-refractivity contribution is 5.98. The summed E-state index contributed by atoms with van der Waals surface area (Å²) in [6.07, 6.45) is 3.14. The maximum atomic E-state index is 13.8. The second kappa shape index (κ2) is 44.6. The van der Waals surface area contributed by atoms with Crippen LogP contribution in [0.2, 0.25) is 0 Å². The number of aliphatic hydroxyl groups excluding tert-OH is 1. The smallest absolute Gasteiger partial charge is 0.306 e. The van der Waals surface area contributed by atoms with Gasteiger partial charge in [0.05, 0.1) is 119 Å².